The zero-order valence-corrected chi connectivity index (χ0v) is 19.0. The van der Waals surface area contributed by atoms with Gasteiger partial charge < -0.3 is 14.2 Å². The number of rotatable bonds is 5. The number of amidine groups is 1. The van der Waals surface area contributed by atoms with E-state index in [-0.39, 0.29) is 23.7 Å². The molecule has 0 aromatic heterocycles. The van der Waals surface area contributed by atoms with Crippen molar-refractivity contribution >= 4 is 17.4 Å². The fraction of sp³-hybridized carbons (Fsp3) is 0.231. The van der Waals surface area contributed by atoms with Crippen molar-refractivity contribution in [3.8, 4) is 17.2 Å². The molecular formula is C26H24FN3O4. The van der Waals surface area contributed by atoms with Crippen LogP contribution in [0.25, 0.3) is 0 Å². The Kier molecular flexibility index (Phi) is 5.57. The highest BCUT2D eigenvalue weighted by molar-refractivity contribution is 6.00. The number of halogens is 1. The number of aliphatic imine (C=N–C) groups is 1. The van der Waals surface area contributed by atoms with E-state index in [4.69, 9.17) is 14.2 Å². The number of hydrogen-bond donors (Lipinski definition) is 1. The van der Waals surface area contributed by atoms with Crippen molar-refractivity contribution < 1.29 is 23.4 Å². The van der Waals surface area contributed by atoms with Gasteiger partial charge in [-0.05, 0) is 72.1 Å². The largest absolute Gasteiger partial charge is 0.497 e. The number of fused-ring (bicyclic) bond motifs is 3. The smallest absolute Gasteiger partial charge is 0.272 e. The Morgan fingerprint density at radius 2 is 1.74 bits per heavy atom. The zero-order chi connectivity index (χ0) is 23.8. The number of benzene rings is 3. The molecule has 1 N–H and O–H groups in total. The van der Waals surface area contributed by atoms with Crippen LogP contribution >= 0.6 is 0 Å². The van der Waals surface area contributed by atoms with Crippen LogP contribution in [-0.2, 0) is 6.42 Å². The normalized spacial score (nSPS) is 19.4. The topological polar surface area (TPSA) is 72.4 Å². The second-order valence-electron chi connectivity index (χ2n) is 8.15. The standard InChI is InChI=1S/C26H24FN3O4/c1-32-19-9-7-15(8-10-19)26(31)30-24-20-14-23(34-3)22(33-2)12-16(20)11-21(24)25(29-30)28-18-6-4-5-17(27)13-18/h4-10,12-14,21,24H,11H2,1-3H3,(H,28,29). The molecule has 7 nitrogen and oxygen atoms in total. The Morgan fingerprint density at radius 1 is 1.00 bits per heavy atom. The lowest BCUT2D eigenvalue weighted by molar-refractivity contribution is 0.0649. The third-order valence-corrected chi connectivity index (χ3v) is 6.26. The van der Waals surface area contributed by atoms with Crippen LogP contribution in [0.1, 0.15) is 27.5 Å². The van der Waals surface area contributed by atoms with Crippen LogP contribution in [0.4, 0.5) is 10.1 Å². The predicted octanol–water partition coefficient (Wildman–Crippen LogP) is 4.46. The minimum atomic E-state index is -0.369. The maximum Gasteiger partial charge on any atom is 0.272 e. The van der Waals surface area contributed by atoms with Crippen LogP contribution in [0.2, 0.25) is 0 Å². The second kappa shape index (κ2) is 8.70. The van der Waals surface area contributed by atoms with Gasteiger partial charge in [-0.3, -0.25) is 10.2 Å². The summed E-state index contributed by atoms with van der Waals surface area (Å²) in [6, 6.07) is 16.6. The summed E-state index contributed by atoms with van der Waals surface area (Å²) in [6.07, 6.45) is 0.647. The number of nitrogens with one attached hydrogen (secondary N) is 1. The average Bonchev–Trinajstić information content (AvgIpc) is 3.40. The molecule has 3 aromatic carbocycles. The highest BCUT2D eigenvalue weighted by Gasteiger charge is 2.48. The maximum atomic E-state index is 13.8. The fourth-order valence-corrected chi connectivity index (χ4v) is 4.64. The Hall–Kier alpha value is -4.07. The maximum absolute atomic E-state index is 13.8. The third-order valence-electron chi connectivity index (χ3n) is 6.26. The van der Waals surface area contributed by atoms with E-state index >= 15 is 0 Å². The lowest BCUT2D eigenvalue weighted by atomic mass is 10.0. The molecule has 2 atom stereocenters. The molecular weight excluding hydrogens is 437 g/mol. The summed E-state index contributed by atoms with van der Waals surface area (Å²) >= 11 is 0. The van der Waals surface area contributed by atoms with Crippen molar-refractivity contribution in [1.82, 2.24) is 10.4 Å². The molecule has 1 amide bonds. The number of hydrazine groups is 1. The minimum Gasteiger partial charge on any atom is -0.497 e. The molecule has 1 aliphatic heterocycles. The quantitative estimate of drug-likeness (QED) is 0.608. The third kappa shape index (κ3) is 3.71. The Labute approximate surface area is 196 Å². The van der Waals surface area contributed by atoms with Crippen molar-refractivity contribution in [2.24, 2.45) is 10.9 Å². The van der Waals surface area contributed by atoms with E-state index < -0.39 is 0 Å². The van der Waals surface area contributed by atoms with Crippen LogP contribution < -0.4 is 19.6 Å². The summed E-state index contributed by atoms with van der Waals surface area (Å²) in [5.74, 6) is 1.79. The molecule has 8 heteroatoms. The molecule has 0 saturated carbocycles. The molecule has 2 unspecified atom stereocenters. The number of ether oxygens (including phenoxy) is 3. The number of hydrogen-bond acceptors (Lipinski definition) is 5. The van der Waals surface area contributed by atoms with Crippen LogP contribution in [0.15, 0.2) is 65.7 Å². The molecule has 0 spiro atoms. The van der Waals surface area contributed by atoms with Gasteiger partial charge in [0.1, 0.15) is 17.4 Å². The summed E-state index contributed by atoms with van der Waals surface area (Å²) in [5.41, 5.74) is 6.20. The first-order valence-corrected chi connectivity index (χ1v) is 10.9. The monoisotopic (exact) mass is 461 g/mol. The molecule has 1 saturated heterocycles. The average molecular weight is 461 g/mol. The molecule has 2 aliphatic rings. The highest BCUT2D eigenvalue weighted by Crippen LogP contribution is 2.48. The molecule has 3 aromatic rings. The van der Waals surface area contributed by atoms with Gasteiger partial charge in [-0.2, -0.15) is 0 Å². The lowest BCUT2D eigenvalue weighted by Crippen LogP contribution is -2.40. The minimum absolute atomic E-state index is 0.128. The Bertz CT molecular complexity index is 1280. The van der Waals surface area contributed by atoms with Crippen LogP contribution in [0.3, 0.4) is 0 Å². The first-order chi connectivity index (χ1) is 16.5. The SMILES string of the molecule is COc1ccc(C(=O)N2NC(=Nc3cccc(F)c3)C3Cc4cc(OC)c(OC)cc4C32)cc1. The van der Waals surface area contributed by atoms with Gasteiger partial charge in [0, 0.05) is 11.5 Å². The molecule has 1 heterocycles. The van der Waals surface area contributed by atoms with Crippen LogP contribution in [0.5, 0.6) is 17.2 Å². The zero-order valence-electron chi connectivity index (χ0n) is 19.0. The van der Waals surface area contributed by atoms with Gasteiger partial charge in [0.25, 0.3) is 5.91 Å². The number of amides is 1. The van der Waals surface area contributed by atoms with Crippen molar-refractivity contribution in [3.63, 3.8) is 0 Å². The van der Waals surface area contributed by atoms with Gasteiger partial charge >= 0.3 is 0 Å². The van der Waals surface area contributed by atoms with E-state index in [0.717, 1.165) is 11.1 Å². The van der Waals surface area contributed by atoms with Gasteiger partial charge in [-0.1, -0.05) is 6.07 Å². The van der Waals surface area contributed by atoms with Crippen molar-refractivity contribution in [3.05, 3.63) is 83.2 Å². The summed E-state index contributed by atoms with van der Waals surface area (Å²) in [7, 11) is 4.76. The molecule has 5 rings (SSSR count). The van der Waals surface area contributed by atoms with Gasteiger partial charge in [0.15, 0.2) is 11.5 Å². The number of methoxy groups -OCH3 is 3. The highest BCUT2D eigenvalue weighted by atomic mass is 19.1. The van der Waals surface area contributed by atoms with E-state index in [9.17, 15) is 9.18 Å². The van der Waals surface area contributed by atoms with E-state index in [1.165, 1.54) is 12.1 Å². The summed E-state index contributed by atoms with van der Waals surface area (Å²) in [5, 5.41) is 1.60. The first kappa shape index (κ1) is 21.8. The lowest BCUT2D eigenvalue weighted by Gasteiger charge is -2.24. The summed E-state index contributed by atoms with van der Waals surface area (Å²) in [4.78, 5) is 18.3. The van der Waals surface area contributed by atoms with Gasteiger partial charge in [-0.25, -0.2) is 14.4 Å². The number of nitrogens with zero attached hydrogens (tertiary/aromatic N) is 2. The van der Waals surface area contributed by atoms with Crippen molar-refractivity contribution in [2.45, 2.75) is 12.5 Å². The fourth-order valence-electron chi connectivity index (χ4n) is 4.64. The molecule has 1 aliphatic carbocycles. The van der Waals surface area contributed by atoms with Crippen LogP contribution in [-0.4, -0.2) is 38.1 Å². The Morgan fingerprint density at radius 3 is 2.41 bits per heavy atom. The summed E-state index contributed by atoms with van der Waals surface area (Å²) < 4.78 is 30.0. The second-order valence-corrected chi connectivity index (χ2v) is 8.15. The van der Waals surface area contributed by atoms with E-state index in [0.29, 0.717) is 40.8 Å². The van der Waals surface area contributed by atoms with E-state index in [2.05, 4.69) is 10.4 Å². The van der Waals surface area contributed by atoms with E-state index in [1.54, 1.807) is 62.7 Å². The van der Waals surface area contributed by atoms with Crippen LogP contribution in [0, 0.1) is 11.7 Å². The van der Waals surface area contributed by atoms with Gasteiger partial charge in [-0.15, -0.1) is 0 Å². The molecule has 1 fully saturated rings. The molecule has 174 valence electrons. The number of carbonyl (C=O) groups is 1. The predicted molar refractivity (Wildman–Crippen MR) is 125 cm³/mol. The van der Waals surface area contributed by atoms with Crippen molar-refractivity contribution in [1.29, 1.82) is 0 Å². The number of carbonyl (C=O) groups excluding carboxylic acids is 1. The molecule has 0 radical (unpaired) electrons. The van der Waals surface area contributed by atoms with Gasteiger partial charge in [0.2, 0.25) is 0 Å². The summed E-state index contributed by atoms with van der Waals surface area (Å²) in [6.45, 7) is 0. The Balaban J connectivity index is 1.58. The van der Waals surface area contributed by atoms with E-state index in [1.807, 2.05) is 12.1 Å². The first-order valence-electron chi connectivity index (χ1n) is 10.9. The van der Waals surface area contributed by atoms with Crippen molar-refractivity contribution in [2.75, 3.05) is 21.3 Å². The van der Waals surface area contributed by atoms with Gasteiger partial charge in [0.05, 0.1) is 33.1 Å². The molecule has 0 bridgehead atoms. The molecule has 34 heavy (non-hydrogen) atoms.